The highest BCUT2D eigenvalue weighted by molar-refractivity contribution is 7.94. The van der Waals surface area contributed by atoms with E-state index in [0.29, 0.717) is 34.0 Å². The van der Waals surface area contributed by atoms with E-state index < -0.39 is 10.0 Å². The number of nitrogens with zero attached hydrogens (tertiary/aromatic N) is 3. The van der Waals surface area contributed by atoms with E-state index in [9.17, 15) is 13.2 Å². The molecule has 0 spiro atoms. The van der Waals surface area contributed by atoms with Gasteiger partial charge in [-0.3, -0.25) is 13.9 Å². The molecule has 0 aliphatic rings. The topological polar surface area (TPSA) is 130 Å². The second kappa shape index (κ2) is 10.5. The summed E-state index contributed by atoms with van der Waals surface area (Å²) < 4.78 is 51.1. The van der Waals surface area contributed by atoms with Crippen molar-refractivity contribution in [3.63, 3.8) is 0 Å². The molecule has 190 valence electrons. The van der Waals surface area contributed by atoms with Gasteiger partial charge in [0.2, 0.25) is 11.6 Å². The molecule has 4 aromatic rings. The van der Waals surface area contributed by atoms with Gasteiger partial charge in [-0.05, 0) is 36.8 Å². The minimum atomic E-state index is -3.95. The zero-order chi connectivity index (χ0) is 25.9. The molecular formula is C23H24N4O7S2. The van der Waals surface area contributed by atoms with Gasteiger partial charge < -0.3 is 18.9 Å². The van der Waals surface area contributed by atoms with Gasteiger partial charge in [-0.25, -0.2) is 18.4 Å². The summed E-state index contributed by atoms with van der Waals surface area (Å²) in [6.45, 7) is 2.23. The molecule has 0 unspecified atom stereocenters. The van der Waals surface area contributed by atoms with Crippen LogP contribution in [0.25, 0.3) is 16.8 Å². The molecule has 0 bridgehead atoms. The lowest BCUT2D eigenvalue weighted by Crippen LogP contribution is -2.19. The number of aryl methyl sites for hydroxylation is 1. The molecule has 13 heteroatoms. The average Bonchev–Trinajstić information content (AvgIpc) is 3.27. The number of aromatic nitrogens is 3. The zero-order valence-corrected chi connectivity index (χ0v) is 21.6. The number of rotatable bonds is 10. The Kier molecular flexibility index (Phi) is 7.43. The summed E-state index contributed by atoms with van der Waals surface area (Å²) in [6.07, 6.45) is 4.48. The summed E-state index contributed by atoms with van der Waals surface area (Å²) in [6, 6.07) is 6.66. The lowest BCUT2D eigenvalue weighted by molar-refractivity contribution is 0.145. The summed E-state index contributed by atoms with van der Waals surface area (Å²) in [5.41, 5.74) is 1.88. The van der Waals surface area contributed by atoms with E-state index >= 15 is 0 Å². The van der Waals surface area contributed by atoms with Crippen LogP contribution in [-0.4, -0.2) is 57.3 Å². The number of fused-ring (bicyclic) bond motifs is 1. The fourth-order valence-electron chi connectivity index (χ4n) is 3.41. The monoisotopic (exact) mass is 532 g/mol. The van der Waals surface area contributed by atoms with Crippen LogP contribution in [0.4, 0.5) is 5.69 Å². The van der Waals surface area contributed by atoms with Gasteiger partial charge in [0.15, 0.2) is 5.06 Å². The average molecular weight is 533 g/mol. The molecule has 0 amide bonds. The van der Waals surface area contributed by atoms with E-state index in [2.05, 4.69) is 14.7 Å². The van der Waals surface area contributed by atoms with E-state index in [1.165, 1.54) is 38.1 Å². The highest BCUT2D eigenvalue weighted by atomic mass is 32.2. The molecule has 0 fully saturated rings. The Labute approximate surface area is 211 Å². The fraction of sp³-hybridized carbons (Fsp3) is 0.261. The molecule has 4 rings (SSSR count). The number of ether oxygens (including phenoxy) is 4. The Balaban J connectivity index is 1.72. The number of hydrogen-bond donors (Lipinski definition) is 1. The summed E-state index contributed by atoms with van der Waals surface area (Å²) in [5, 5.41) is 0.479. The standard InChI is InChI=1S/C23H24N4O7S2/c1-14-9-20(32-3)35-23(14)36(29,30)26-17-10-16(11-25-21(17)33-4)15-5-6-19-24-12-18(34-8-7-31-2)22(28)27(19)13-15/h5-6,9-13,26H,7-8H2,1-4H3. The minimum Gasteiger partial charge on any atom is -0.487 e. The van der Waals surface area contributed by atoms with Crippen LogP contribution in [-0.2, 0) is 14.8 Å². The first kappa shape index (κ1) is 25.4. The minimum absolute atomic E-state index is 0.0877. The van der Waals surface area contributed by atoms with Gasteiger partial charge in [0.05, 0.1) is 27.0 Å². The molecule has 0 aliphatic carbocycles. The number of methoxy groups -OCH3 is 3. The zero-order valence-electron chi connectivity index (χ0n) is 20.0. The van der Waals surface area contributed by atoms with Gasteiger partial charge in [-0.15, -0.1) is 0 Å². The SMILES string of the molecule is COCCOc1cnc2ccc(-c3cnc(OC)c(NS(=O)(=O)c4sc(OC)cc4C)c3)cn2c1=O. The van der Waals surface area contributed by atoms with E-state index in [-0.39, 0.29) is 33.7 Å². The molecule has 0 saturated heterocycles. The van der Waals surface area contributed by atoms with Crippen LogP contribution in [0.1, 0.15) is 5.56 Å². The molecule has 0 aromatic carbocycles. The third-order valence-electron chi connectivity index (χ3n) is 5.13. The Bertz CT molecular complexity index is 1560. The Morgan fingerprint density at radius 1 is 1.03 bits per heavy atom. The molecular weight excluding hydrogens is 508 g/mol. The van der Waals surface area contributed by atoms with Crippen molar-refractivity contribution in [3.05, 3.63) is 58.8 Å². The number of thiophene rings is 1. The van der Waals surface area contributed by atoms with Crippen molar-refractivity contribution < 1.29 is 27.4 Å². The third kappa shape index (κ3) is 5.12. The number of anilines is 1. The number of hydrogen-bond acceptors (Lipinski definition) is 10. The van der Waals surface area contributed by atoms with Crippen LogP contribution in [0.5, 0.6) is 16.7 Å². The number of pyridine rings is 2. The fourth-order valence-corrected chi connectivity index (χ4v) is 5.95. The molecule has 0 aliphatic heterocycles. The van der Waals surface area contributed by atoms with Crippen molar-refractivity contribution in [2.24, 2.45) is 0 Å². The maximum Gasteiger partial charge on any atom is 0.300 e. The Morgan fingerprint density at radius 2 is 1.83 bits per heavy atom. The smallest absolute Gasteiger partial charge is 0.300 e. The molecule has 0 radical (unpaired) electrons. The lowest BCUT2D eigenvalue weighted by Gasteiger charge is -2.13. The van der Waals surface area contributed by atoms with Crippen LogP contribution < -0.4 is 24.5 Å². The summed E-state index contributed by atoms with van der Waals surface area (Å²) in [7, 11) is 0.463. The van der Waals surface area contributed by atoms with Crippen LogP contribution >= 0.6 is 11.3 Å². The first-order valence-electron chi connectivity index (χ1n) is 10.6. The van der Waals surface area contributed by atoms with E-state index in [1.54, 1.807) is 37.4 Å². The maximum atomic E-state index is 13.1. The Hall–Kier alpha value is -3.68. The quantitative estimate of drug-likeness (QED) is 0.306. The van der Waals surface area contributed by atoms with Crippen molar-refractivity contribution in [2.45, 2.75) is 11.1 Å². The summed E-state index contributed by atoms with van der Waals surface area (Å²) >= 11 is 1.01. The second-order valence-corrected chi connectivity index (χ2v) is 10.4. The third-order valence-corrected chi connectivity index (χ3v) is 8.33. The van der Waals surface area contributed by atoms with Crippen LogP contribution in [0.15, 0.2) is 51.9 Å². The van der Waals surface area contributed by atoms with E-state index in [1.807, 2.05) is 0 Å². The predicted molar refractivity (Wildman–Crippen MR) is 135 cm³/mol. The predicted octanol–water partition coefficient (Wildman–Crippen LogP) is 2.97. The van der Waals surface area contributed by atoms with Crippen molar-refractivity contribution in [1.29, 1.82) is 0 Å². The van der Waals surface area contributed by atoms with Gasteiger partial charge in [0.1, 0.15) is 22.2 Å². The highest BCUT2D eigenvalue weighted by Gasteiger charge is 2.23. The van der Waals surface area contributed by atoms with Gasteiger partial charge in [0.25, 0.3) is 15.6 Å². The van der Waals surface area contributed by atoms with E-state index in [0.717, 1.165) is 11.3 Å². The van der Waals surface area contributed by atoms with Gasteiger partial charge >= 0.3 is 0 Å². The molecule has 4 aromatic heterocycles. The first-order chi connectivity index (χ1) is 17.3. The second-order valence-electron chi connectivity index (χ2n) is 7.54. The van der Waals surface area contributed by atoms with Crippen LogP contribution in [0, 0.1) is 6.92 Å². The first-order valence-corrected chi connectivity index (χ1v) is 12.9. The van der Waals surface area contributed by atoms with Gasteiger partial charge in [-0.1, -0.05) is 11.3 Å². The maximum absolute atomic E-state index is 13.1. The van der Waals surface area contributed by atoms with Crippen LogP contribution in [0.2, 0.25) is 0 Å². The van der Waals surface area contributed by atoms with Crippen molar-refractivity contribution in [3.8, 4) is 27.8 Å². The van der Waals surface area contributed by atoms with Crippen molar-refractivity contribution >= 4 is 32.7 Å². The Morgan fingerprint density at radius 3 is 2.53 bits per heavy atom. The highest BCUT2D eigenvalue weighted by Crippen LogP contribution is 2.35. The molecule has 1 N–H and O–H groups in total. The largest absolute Gasteiger partial charge is 0.487 e. The van der Waals surface area contributed by atoms with Crippen LogP contribution in [0.3, 0.4) is 0 Å². The number of nitrogens with one attached hydrogen (secondary N) is 1. The van der Waals surface area contributed by atoms with Gasteiger partial charge in [0, 0.05) is 30.6 Å². The van der Waals surface area contributed by atoms with Crippen molar-refractivity contribution in [2.75, 3.05) is 39.3 Å². The molecule has 0 saturated carbocycles. The number of sulfonamides is 1. The van der Waals surface area contributed by atoms with Gasteiger partial charge in [-0.2, -0.15) is 0 Å². The summed E-state index contributed by atoms with van der Waals surface area (Å²) in [5.74, 6) is 0.182. The van der Waals surface area contributed by atoms with E-state index in [4.69, 9.17) is 18.9 Å². The molecule has 36 heavy (non-hydrogen) atoms. The molecule has 4 heterocycles. The summed E-state index contributed by atoms with van der Waals surface area (Å²) in [4.78, 5) is 21.4. The lowest BCUT2D eigenvalue weighted by atomic mass is 10.1. The normalized spacial score (nSPS) is 11.4. The van der Waals surface area contributed by atoms with Crippen molar-refractivity contribution in [1.82, 2.24) is 14.4 Å². The molecule has 0 atom stereocenters. The molecule has 11 nitrogen and oxygen atoms in total.